The predicted octanol–water partition coefficient (Wildman–Crippen LogP) is 0.884. The lowest BCUT2D eigenvalue weighted by atomic mass is 9.92. The molecule has 2 rings (SSSR count). The Morgan fingerprint density at radius 1 is 1.40 bits per heavy atom. The maximum atomic E-state index is 12.8. The van der Waals surface area contributed by atoms with Crippen LogP contribution in [0.1, 0.15) is 26.2 Å². The maximum Gasteiger partial charge on any atom is 0.0950 e. The fraction of sp³-hybridized carbons (Fsp3) is 0.733. The molecule has 1 heterocycles. The monoisotopic (exact) mass is 282 g/mol. The Kier molecular flexibility index (Phi) is 5.18. The number of halogens is 1. The van der Waals surface area contributed by atoms with Crippen LogP contribution < -0.4 is 17.2 Å². The van der Waals surface area contributed by atoms with E-state index in [1.54, 1.807) is 0 Å². The van der Waals surface area contributed by atoms with E-state index < -0.39 is 0 Å². The van der Waals surface area contributed by atoms with Crippen molar-refractivity contribution >= 4 is 0 Å². The molecule has 4 nitrogen and oxygen atoms in total. The van der Waals surface area contributed by atoms with E-state index in [4.69, 9.17) is 17.2 Å². The SMILES string of the molecule is CC(/C=C\C1=C(N)CC[C@H](N)C1)N1C[C@H](CF)[C@H](N)C1. The maximum absolute atomic E-state index is 12.8. The Morgan fingerprint density at radius 3 is 2.80 bits per heavy atom. The van der Waals surface area contributed by atoms with Gasteiger partial charge in [-0.1, -0.05) is 12.2 Å². The topological polar surface area (TPSA) is 81.3 Å². The van der Waals surface area contributed by atoms with Gasteiger partial charge in [0, 0.05) is 42.8 Å². The first-order chi connectivity index (χ1) is 9.51. The largest absolute Gasteiger partial charge is 0.402 e. The smallest absolute Gasteiger partial charge is 0.0950 e. The molecule has 0 aromatic rings. The molecule has 0 spiro atoms. The fourth-order valence-corrected chi connectivity index (χ4v) is 3.00. The van der Waals surface area contributed by atoms with Crippen LogP contribution in [0.15, 0.2) is 23.4 Å². The Morgan fingerprint density at radius 2 is 2.15 bits per heavy atom. The molecular weight excluding hydrogens is 255 g/mol. The number of hydrogen-bond donors (Lipinski definition) is 3. The summed E-state index contributed by atoms with van der Waals surface area (Å²) in [4.78, 5) is 2.23. The second kappa shape index (κ2) is 6.70. The molecule has 0 radical (unpaired) electrons. The van der Waals surface area contributed by atoms with Crippen LogP contribution in [0.5, 0.6) is 0 Å². The summed E-state index contributed by atoms with van der Waals surface area (Å²) < 4.78 is 12.8. The Bertz CT molecular complexity index is 393. The molecule has 0 aromatic heterocycles. The number of hydrogen-bond acceptors (Lipinski definition) is 4. The Balaban J connectivity index is 1.94. The molecule has 1 aliphatic heterocycles. The average Bonchev–Trinajstić information content (AvgIpc) is 2.80. The summed E-state index contributed by atoms with van der Waals surface area (Å²) in [6.07, 6.45) is 6.92. The molecule has 0 saturated carbocycles. The van der Waals surface area contributed by atoms with Crippen molar-refractivity contribution in [1.82, 2.24) is 4.90 Å². The van der Waals surface area contributed by atoms with Crippen LogP contribution >= 0.6 is 0 Å². The van der Waals surface area contributed by atoms with E-state index in [0.717, 1.165) is 43.6 Å². The third-order valence-electron chi connectivity index (χ3n) is 4.55. The van der Waals surface area contributed by atoms with Crippen molar-refractivity contribution < 1.29 is 4.39 Å². The standard InChI is InChI=1S/C15H27FN4/c1-10(20-8-12(7-16)15(19)9-20)2-3-11-6-13(17)4-5-14(11)18/h2-3,10,12-13,15H,4-9,17-19H2,1H3/b3-2-/t10?,12-,13-,15+/m0/s1. The van der Waals surface area contributed by atoms with Gasteiger partial charge in [0.15, 0.2) is 0 Å². The molecule has 4 atom stereocenters. The van der Waals surface area contributed by atoms with Gasteiger partial charge < -0.3 is 17.2 Å². The van der Waals surface area contributed by atoms with Gasteiger partial charge in [-0.2, -0.15) is 0 Å². The van der Waals surface area contributed by atoms with Gasteiger partial charge in [-0.3, -0.25) is 9.29 Å². The summed E-state index contributed by atoms with van der Waals surface area (Å²) in [5.41, 5.74) is 20.1. The normalized spacial score (nSPS) is 34.1. The highest BCUT2D eigenvalue weighted by molar-refractivity contribution is 5.28. The third-order valence-corrected chi connectivity index (χ3v) is 4.55. The quantitative estimate of drug-likeness (QED) is 0.715. The van der Waals surface area contributed by atoms with Crippen molar-refractivity contribution in [3.63, 3.8) is 0 Å². The van der Waals surface area contributed by atoms with Gasteiger partial charge in [0.05, 0.1) is 6.67 Å². The van der Waals surface area contributed by atoms with Crippen LogP contribution in [0.3, 0.4) is 0 Å². The van der Waals surface area contributed by atoms with E-state index in [2.05, 4.69) is 24.0 Å². The molecule has 5 heteroatoms. The highest BCUT2D eigenvalue weighted by Crippen LogP contribution is 2.23. The second-order valence-corrected chi connectivity index (χ2v) is 6.19. The van der Waals surface area contributed by atoms with Gasteiger partial charge in [0.2, 0.25) is 0 Å². The fourth-order valence-electron chi connectivity index (χ4n) is 3.00. The molecule has 1 aliphatic carbocycles. The molecule has 0 aromatic carbocycles. The molecule has 1 fully saturated rings. The van der Waals surface area contributed by atoms with Crippen LogP contribution in [0.4, 0.5) is 4.39 Å². The van der Waals surface area contributed by atoms with Gasteiger partial charge in [-0.15, -0.1) is 0 Å². The first kappa shape index (κ1) is 15.5. The van der Waals surface area contributed by atoms with Crippen LogP contribution in [-0.2, 0) is 0 Å². The van der Waals surface area contributed by atoms with Crippen molar-refractivity contribution in [2.75, 3.05) is 19.8 Å². The van der Waals surface area contributed by atoms with Crippen molar-refractivity contribution in [1.29, 1.82) is 0 Å². The van der Waals surface area contributed by atoms with Gasteiger partial charge in [-0.05, 0) is 31.8 Å². The predicted molar refractivity (Wildman–Crippen MR) is 80.7 cm³/mol. The molecule has 1 saturated heterocycles. The zero-order valence-electron chi connectivity index (χ0n) is 12.3. The van der Waals surface area contributed by atoms with Crippen molar-refractivity contribution in [3.05, 3.63) is 23.4 Å². The lowest BCUT2D eigenvalue weighted by Gasteiger charge is -2.23. The molecular formula is C15H27FN4. The van der Waals surface area contributed by atoms with Gasteiger partial charge in [0.1, 0.15) is 0 Å². The Labute approximate surface area is 120 Å². The summed E-state index contributed by atoms with van der Waals surface area (Å²) in [7, 11) is 0. The number of allylic oxidation sites excluding steroid dienone is 2. The minimum atomic E-state index is -0.332. The number of nitrogens with zero attached hydrogens (tertiary/aromatic N) is 1. The summed E-state index contributed by atoms with van der Waals surface area (Å²) in [6, 6.07) is 0.410. The summed E-state index contributed by atoms with van der Waals surface area (Å²) in [5, 5.41) is 0. The van der Waals surface area contributed by atoms with Crippen LogP contribution in [0.2, 0.25) is 0 Å². The molecule has 2 aliphatic rings. The summed E-state index contributed by atoms with van der Waals surface area (Å²) in [6.45, 7) is 3.27. The molecule has 6 N–H and O–H groups in total. The van der Waals surface area contributed by atoms with Crippen molar-refractivity contribution in [3.8, 4) is 0 Å². The highest BCUT2D eigenvalue weighted by Gasteiger charge is 2.31. The molecule has 1 unspecified atom stereocenters. The zero-order chi connectivity index (χ0) is 14.7. The van der Waals surface area contributed by atoms with Crippen LogP contribution in [0, 0.1) is 5.92 Å². The minimum Gasteiger partial charge on any atom is -0.402 e. The van der Waals surface area contributed by atoms with Crippen molar-refractivity contribution in [2.24, 2.45) is 23.1 Å². The summed E-state index contributed by atoms with van der Waals surface area (Å²) >= 11 is 0. The van der Waals surface area contributed by atoms with Gasteiger partial charge >= 0.3 is 0 Å². The third kappa shape index (κ3) is 3.59. The van der Waals surface area contributed by atoms with Crippen LogP contribution in [-0.4, -0.2) is 42.8 Å². The number of nitrogens with two attached hydrogens (primary N) is 3. The van der Waals surface area contributed by atoms with E-state index in [9.17, 15) is 4.39 Å². The first-order valence-electron chi connectivity index (χ1n) is 7.48. The van der Waals surface area contributed by atoms with E-state index in [1.165, 1.54) is 0 Å². The van der Waals surface area contributed by atoms with E-state index >= 15 is 0 Å². The molecule has 0 amide bonds. The average molecular weight is 282 g/mol. The van der Waals surface area contributed by atoms with Gasteiger partial charge in [-0.25, -0.2) is 0 Å². The number of rotatable bonds is 4. The van der Waals surface area contributed by atoms with E-state index in [1.807, 2.05) is 0 Å². The van der Waals surface area contributed by atoms with Gasteiger partial charge in [0.25, 0.3) is 0 Å². The first-order valence-corrected chi connectivity index (χ1v) is 7.48. The highest BCUT2D eigenvalue weighted by atomic mass is 19.1. The molecule has 114 valence electrons. The lowest BCUT2D eigenvalue weighted by Crippen LogP contribution is -2.33. The molecule has 0 bridgehead atoms. The molecule has 20 heavy (non-hydrogen) atoms. The minimum absolute atomic E-state index is 0.0294. The van der Waals surface area contributed by atoms with Crippen molar-refractivity contribution in [2.45, 2.75) is 44.3 Å². The van der Waals surface area contributed by atoms with Crippen LogP contribution in [0.25, 0.3) is 0 Å². The van der Waals surface area contributed by atoms with E-state index in [-0.39, 0.29) is 30.7 Å². The number of likely N-dealkylation sites (tertiary alicyclic amines) is 1. The second-order valence-electron chi connectivity index (χ2n) is 6.19. The van der Waals surface area contributed by atoms with E-state index in [0.29, 0.717) is 0 Å². The zero-order valence-corrected chi connectivity index (χ0v) is 12.3. The lowest BCUT2D eigenvalue weighted by molar-refractivity contribution is 0.273. The summed E-state index contributed by atoms with van der Waals surface area (Å²) in [5.74, 6) is -0.0294. The Hall–Kier alpha value is -0.910. The number of alkyl halides is 1.